The summed E-state index contributed by atoms with van der Waals surface area (Å²) in [7, 11) is 1.64. The minimum Gasteiger partial charge on any atom is -0.496 e. The van der Waals surface area contributed by atoms with Crippen molar-refractivity contribution in [3.63, 3.8) is 0 Å². The summed E-state index contributed by atoms with van der Waals surface area (Å²) in [4.78, 5) is 10.6. The Morgan fingerprint density at radius 2 is 2.27 bits per heavy atom. The first-order valence-electron chi connectivity index (χ1n) is 4.64. The number of aryl methyl sites for hydroxylation is 1. The number of carbonyl (C=O) groups is 1. The Morgan fingerprint density at radius 3 is 2.87 bits per heavy atom. The number of hydrogen-bond acceptors (Lipinski definition) is 2. The number of hydrogen-bond donors (Lipinski definition) is 0. The fourth-order valence-electron chi connectivity index (χ4n) is 1.36. The highest BCUT2D eigenvalue weighted by Crippen LogP contribution is 2.24. The van der Waals surface area contributed by atoms with Gasteiger partial charge in [-0.25, -0.2) is 0 Å². The van der Waals surface area contributed by atoms with Crippen LogP contribution in [0.5, 0.6) is 5.75 Å². The number of benzene rings is 1. The quantitative estimate of drug-likeness (QED) is 0.776. The number of methoxy groups -OCH3 is 1. The second kappa shape index (κ2) is 6.13. The highest BCUT2D eigenvalue weighted by atomic mass is 79.9. The second-order valence-corrected chi connectivity index (χ2v) is 4.50. The van der Waals surface area contributed by atoms with Crippen molar-refractivity contribution in [1.29, 1.82) is 0 Å². The Kier molecular flexibility index (Phi) is 5.12. The molecule has 0 aliphatic carbocycles. The Labute approximate surface area is 103 Å². The van der Waals surface area contributed by atoms with Crippen LogP contribution in [0.4, 0.5) is 0 Å². The summed E-state index contributed by atoms with van der Waals surface area (Å²) in [6.07, 6.45) is 1.94. The van der Waals surface area contributed by atoms with Gasteiger partial charge < -0.3 is 4.74 Å². The van der Waals surface area contributed by atoms with E-state index in [1.807, 2.05) is 18.2 Å². The van der Waals surface area contributed by atoms with Gasteiger partial charge in [0, 0.05) is 10.9 Å². The van der Waals surface area contributed by atoms with Crippen molar-refractivity contribution >= 4 is 32.8 Å². The lowest BCUT2D eigenvalue weighted by Gasteiger charge is -2.08. The third-order valence-corrected chi connectivity index (χ3v) is 2.74. The van der Waals surface area contributed by atoms with Crippen LogP contribution in [0.15, 0.2) is 22.7 Å². The normalized spacial score (nSPS) is 10.1. The van der Waals surface area contributed by atoms with Gasteiger partial charge in [-0.15, -0.1) is 0 Å². The molecule has 82 valence electrons. The molecule has 0 atom stereocenters. The van der Waals surface area contributed by atoms with Gasteiger partial charge in [-0.05, 0) is 48.2 Å². The topological polar surface area (TPSA) is 26.3 Å². The van der Waals surface area contributed by atoms with Crippen LogP contribution in [0.2, 0.25) is 0 Å². The van der Waals surface area contributed by atoms with Crippen LogP contribution in [0, 0.1) is 0 Å². The first-order chi connectivity index (χ1) is 7.13. The summed E-state index contributed by atoms with van der Waals surface area (Å²) >= 11 is 8.67. The first kappa shape index (κ1) is 12.5. The van der Waals surface area contributed by atoms with Crippen molar-refractivity contribution in [2.75, 3.05) is 7.11 Å². The summed E-state index contributed by atoms with van der Waals surface area (Å²) in [6, 6.07) is 5.83. The van der Waals surface area contributed by atoms with E-state index in [0.717, 1.165) is 28.6 Å². The van der Waals surface area contributed by atoms with E-state index in [1.54, 1.807) is 7.11 Å². The van der Waals surface area contributed by atoms with E-state index >= 15 is 0 Å². The fourth-order valence-corrected chi connectivity index (χ4v) is 1.90. The minimum atomic E-state index is -0.288. The van der Waals surface area contributed by atoms with Crippen LogP contribution in [-0.4, -0.2) is 12.4 Å². The molecule has 0 saturated heterocycles. The predicted molar refractivity (Wildman–Crippen MR) is 64.5 cm³/mol. The van der Waals surface area contributed by atoms with Crippen molar-refractivity contribution in [1.82, 2.24) is 0 Å². The predicted octanol–water partition coefficient (Wildman–Crippen LogP) is 3.55. The van der Waals surface area contributed by atoms with Crippen molar-refractivity contribution in [3.8, 4) is 5.75 Å². The molecular weight excluding hydrogens is 279 g/mol. The van der Waals surface area contributed by atoms with Gasteiger partial charge in [-0.1, -0.05) is 15.9 Å². The Hall–Kier alpha value is -0.540. The highest BCUT2D eigenvalue weighted by Gasteiger charge is 2.04. The molecule has 0 spiro atoms. The third kappa shape index (κ3) is 4.22. The molecule has 0 radical (unpaired) electrons. The van der Waals surface area contributed by atoms with Gasteiger partial charge in [0.2, 0.25) is 5.24 Å². The molecule has 0 unspecified atom stereocenters. The average molecular weight is 292 g/mol. The molecule has 2 nitrogen and oxygen atoms in total. The van der Waals surface area contributed by atoms with Gasteiger partial charge in [-0.3, -0.25) is 4.79 Å². The van der Waals surface area contributed by atoms with E-state index in [1.165, 1.54) is 0 Å². The standard InChI is InChI=1S/C11H12BrClO2/c1-15-10-6-5-9(12)7-8(10)3-2-4-11(13)14/h5-7H,2-4H2,1H3. The van der Waals surface area contributed by atoms with E-state index in [2.05, 4.69) is 15.9 Å². The van der Waals surface area contributed by atoms with Crippen LogP contribution < -0.4 is 4.74 Å². The summed E-state index contributed by atoms with van der Waals surface area (Å²) < 4.78 is 6.23. The number of carbonyl (C=O) groups excluding carboxylic acids is 1. The van der Waals surface area contributed by atoms with Gasteiger partial charge in [0.25, 0.3) is 0 Å². The molecule has 0 saturated carbocycles. The molecular formula is C11H12BrClO2. The maximum atomic E-state index is 10.6. The van der Waals surface area contributed by atoms with Gasteiger partial charge in [0.05, 0.1) is 7.11 Å². The molecule has 15 heavy (non-hydrogen) atoms. The maximum absolute atomic E-state index is 10.6. The smallest absolute Gasteiger partial charge is 0.221 e. The summed E-state index contributed by atoms with van der Waals surface area (Å²) in [5.41, 5.74) is 1.09. The average Bonchev–Trinajstić information content (AvgIpc) is 2.17. The van der Waals surface area contributed by atoms with Crippen molar-refractivity contribution in [2.45, 2.75) is 19.3 Å². The lowest BCUT2D eigenvalue weighted by Crippen LogP contribution is -1.94. The fraction of sp³-hybridized carbons (Fsp3) is 0.364. The lowest BCUT2D eigenvalue weighted by molar-refractivity contribution is -0.111. The molecule has 0 aliphatic heterocycles. The Balaban J connectivity index is 2.65. The number of rotatable bonds is 5. The van der Waals surface area contributed by atoms with Crippen LogP contribution in [-0.2, 0) is 11.2 Å². The Morgan fingerprint density at radius 1 is 1.53 bits per heavy atom. The van der Waals surface area contributed by atoms with Gasteiger partial charge in [-0.2, -0.15) is 0 Å². The van der Waals surface area contributed by atoms with E-state index < -0.39 is 0 Å². The van der Waals surface area contributed by atoms with Gasteiger partial charge in [0.1, 0.15) is 5.75 Å². The van der Waals surface area contributed by atoms with Crippen LogP contribution in [0.25, 0.3) is 0 Å². The van der Waals surface area contributed by atoms with E-state index in [-0.39, 0.29) is 5.24 Å². The van der Waals surface area contributed by atoms with E-state index in [4.69, 9.17) is 16.3 Å². The largest absolute Gasteiger partial charge is 0.496 e. The highest BCUT2D eigenvalue weighted by molar-refractivity contribution is 9.10. The molecule has 0 fully saturated rings. The zero-order chi connectivity index (χ0) is 11.3. The molecule has 4 heteroatoms. The zero-order valence-electron chi connectivity index (χ0n) is 8.43. The van der Waals surface area contributed by atoms with Gasteiger partial charge in [0.15, 0.2) is 0 Å². The van der Waals surface area contributed by atoms with Crippen LogP contribution in [0.3, 0.4) is 0 Å². The summed E-state index contributed by atoms with van der Waals surface area (Å²) in [5, 5.41) is -0.288. The molecule has 0 aromatic heterocycles. The lowest BCUT2D eigenvalue weighted by atomic mass is 10.1. The van der Waals surface area contributed by atoms with Crippen molar-refractivity contribution in [2.24, 2.45) is 0 Å². The molecule has 0 amide bonds. The molecule has 1 aromatic rings. The monoisotopic (exact) mass is 290 g/mol. The number of halogens is 2. The number of ether oxygens (including phenoxy) is 1. The third-order valence-electron chi connectivity index (χ3n) is 2.06. The first-order valence-corrected chi connectivity index (χ1v) is 5.81. The van der Waals surface area contributed by atoms with Crippen molar-refractivity contribution < 1.29 is 9.53 Å². The van der Waals surface area contributed by atoms with Crippen molar-refractivity contribution in [3.05, 3.63) is 28.2 Å². The molecule has 1 rings (SSSR count). The maximum Gasteiger partial charge on any atom is 0.221 e. The second-order valence-electron chi connectivity index (χ2n) is 3.16. The summed E-state index contributed by atoms with van der Waals surface area (Å²) in [6.45, 7) is 0. The molecule has 1 aromatic carbocycles. The molecule has 0 bridgehead atoms. The van der Waals surface area contributed by atoms with Crippen LogP contribution in [0.1, 0.15) is 18.4 Å². The van der Waals surface area contributed by atoms with Crippen LogP contribution >= 0.6 is 27.5 Å². The molecule has 0 N–H and O–H groups in total. The summed E-state index contributed by atoms with van der Waals surface area (Å²) in [5.74, 6) is 0.847. The van der Waals surface area contributed by atoms with E-state index in [0.29, 0.717) is 6.42 Å². The molecule has 0 aliphatic rings. The molecule has 0 heterocycles. The van der Waals surface area contributed by atoms with E-state index in [9.17, 15) is 4.79 Å². The SMILES string of the molecule is COc1ccc(Br)cc1CCCC(=O)Cl. The minimum absolute atomic E-state index is 0.288. The zero-order valence-corrected chi connectivity index (χ0v) is 10.8. The van der Waals surface area contributed by atoms with Gasteiger partial charge >= 0.3 is 0 Å². The Bertz CT molecular complexity index is 352.